The fourth-order valence-electron chi connectivity index (χ4n) is 1.57. The first-order valence-corrected chi connectivity index (χ1v) is 5.27. The zero-order valence-electron chi connectivity index (χ0n) is 7.87. The molecule has 4 nitrogen and oxygen atoms in total. The molecule has 3 aromatic heterocycles. The summed E-state index contributed by atoms with van der Waals surface area (Å²) < 4.78 is 18.9. The van der Waals surface area contributed by atoms with Gasteiger partial charge in [0.2, 0.25) is 0 Å². The molecule has 3 aromatic rings. The summed E-state index contributed by atoms with van der Waals surface area (Å²) in [5, 5.41) is 0.664. The smallest absolute Gasteiger partial charge is 0.182 e. The summed E-state index contributed by atoms with van der Waals surface area (Å²) >= 11 is 3.26. The lowest BCUT2D eigenvalue weighted by Crippen LogP contribution is -1.80. The van der Waals surface area contributed by atoms with Crippen molar-refractivity contribution >= 4 is 27.0 Å². The molecular weight excluding hydrogens is 277 g/mol. The molecule has 0 unspecified atom stereocenters. The lowest BCUT2D eigenvalue weighted by Gasteiger charge is -1.94. The molecule has 0 saturated carbocycles. The second-order valence-electron chi connectivity index (χ2n) is 3.22. The number of aromatic amines is 1. The Hall–Kier alpha value is -1.69. The second-order valence-corrected chi connectivity index (χ2v) is 3.98. The lowest BCUT2D eigenvalue weighted by molar-refractivity contribution is 0.572. The van der Waals surface area contributed by atoms with E-state index in [1.807, 2.05) is 0 Å². The summed E-state index contributed by atoms with van der Waals surface area (Å²) in [4.78, 5) is 10.8. The third kappa shape index (κ3) is 1.34. The zero-order chi connectivity index (χ0) is 11.1. The molecule has 0 saturated heterocycles. The first-order chi connectivity index (χ1) is 7.75. The Morgan fingerprint density at radius 2 is 2.25 bits per heavy atom. The van der Waals surface area contributed by atoms with E-state index in [9.17, 15) is 4.39 Å². The summed E-state index contributed by atoms with van der Waals surface area (Å²) in [6.07, 6.45) is 4.20. The van der Waals surface area contributed by atoms with Gasteiger partial charge in [-0.05, 0) is 22.0 Å². The van der Waals surface area contributed by atoms with Crippen LogP contribution in [0.1, 0.15) is 0 Å². The molecule has 0 fully saturated rings. The fraction of sp³-hybridized carbons (Fsp3) is 0. The number of halogens is 2. The van der Waals surface area contributed by atoms with Gasteiger partial charge in [-0.3, -0.25) is 0 Å². The molecule has 0 aliphatic heterocycles. The van der Waals surface area contributed by atoms with Gasteiger partial charge < -0.3 is 9.40 Å². The van der Waals surface area contributed by atoms with Gasteiger partial charge in [-0.25, -0.2) is 14.4 Å². The van der Waals surface area contributed by atoms with Crippen LogP contribution in [-0.2, 0) is 0 Å². The minimum absolute atomic E-state index is 0.385. The monoisotopic (exact) mass is 281 g/mol. The van der Waals surface area contributed by atoms with Gasteiger partial charge >= 0.3 is 0 Å². The first-order valence-electron chi connectivity index (χ1n) is 4.47. The predicted octanol–water partition coefficient (Wildman–Crippen LogP) is 3.12. The average molecular weight is 282 g/mol. The Labute approximate surface area is 97.6 Å². The number of nitrogens with zero attached hydrogens (tertiary/aromatic N) is 2. The van der Waals surface area contributed by atoms with E-state index in [1.165, 1.54) is 12.5 Å². The van der Waals surface area contributed by atoms with Gasteiger partial charge in [0.15, 0.2) is 16.8 Å². The largest absolute Gasteiger partial charge is 0.442 e. The summed E-state index contributed by atoms with van der Waals surface area (Å²) in [5.41, 5.74) is 1.34. The zero-order valence-corrected chi connectivity index (χ0v) is 9.45. The number of fused-ring (bicyclic) bond motifs is 1. The summed E-state index contributed by atoms with van der Waals surface area (Å²) in [5.74, 6) is 0.169. The van der Waals surface area contributed by atoms with Crippen LogP contribution in [0.25, 0.3) is 22.4 Å². The van der Waals surface area contributed by atoms with Crippen molar-refractivity contribution in [2.24, 2.45) is 0 Å². The highest BCUT2D eigenvalue weighted by molar-refractivity contribution is 9.10. The van der Waals surface area contributed by atoms with Crippen molar-refractivity contribution in [3.63, 3.8) is 0 Å². The second kappa shape index (κ2) is 3.41. The van der Waals surface area contributed by atoms with Crippen molar-refractivity contribution in [1.29, 1.82) is 0 Å². The highest BCUT2D eigenvalue weighted by Gasteiger charge is 2.14. The maximum Gasteiger partial charge on any atom is 0.182 e. The minimum Gasteiger partial charge on any atom is -0.442 e. The molecule has 0 radical (unpaired) electrons. The average Bonchev–Trinajstić information content (AvgIpc) is 2.83. The molecule has 0 amide bonds. The predicted molar refractivity (Wildman–Crippen MR) is 59.2 cm³/mol. The number of H-pyrrole nitrogens is 1. The fourth-order valence-corrected chi connectivity index (χ4v) is 1.96. The van der Waals surface area contributed by atoms with E-state index in [0.717, 1.165) is 11.8 Å². The van der Waals surface area contributed by atoms with Crippen molar-refractivity contribution < 1.29 is 8.81 Å². The summed E-state index contributed by atoms with van der Waals surface area (Å²) in [7, 11) is 0. The Bertz CT molecular complexity index is 661. The maximum atomic E-state index is 13.1. The highest BCUT2D eigenvalue weighted by atomic mass is 79.9. The van der Waals surface area contributed by atoms with Crippen LogP contribution in [0.4, 0.5) is 4.39 Å². The minimum atomic E-state index is -0.385. The molecule has 0 aliphatic rings. The quantitative estimate of drug-likeness (QED) is 0.746. The highest BCUT2D eigenvalue weighted by Crippen LogP contribution is 2.32. The van der Waals surface area contributed by atoms with Gasteiger partial charge in [0.05, 0.1) is 6.20 Å². The first kappa shape index (κ1) is 9.53. The number of aromatic nitrogens is 3. The number of pyridine rings is 1. The van der Waals surface area contributed by atoms with E-state index in [-0.39, 0.29) is 5.82 Å². The molecule has 0 bridgehead atoms. The third-order valence-corrected chi connectivity index (χ3v) is 2.83. The molecule has 3 heterocycles. The molecule has 6 heteroatoms. The Balaban J connectivity index is 2.32. The van der Waals surface area contributed by atoms with Crippen LogP contribution in [0.2, 0.25) is 0 Å². The van der Waals surface area contributed by atoms with Crippen LogP contribution in [0.3, 0.4) is 0 Å². The summed E-state index contributed by atoms with van der Waals surface area (Å²) in [6, 6.07) is 1.41. The van der Waals surface area contributed by atoms with Crippen molar-refractivity contribution in [3.8, 4) is 11.3 Å². The molecule has 0 atom stereocenters. The normalized spacial score (nSPS) is 11.1. The number of hydrogen-bond donors (Lipinski definition) is 1. The van der Waals surface area contributed by atoms with Crippen molar-refractivity contribution in [2.75, 3.05) is 0 Å². The lowest BCUT2D eigenvalue weighted by atomic mass is 10.2. The number of rotatable bonds is 1. The van der Waals surface area contributed by atoms with E-state index >= 15 is 0 Å². The van der Waals surface area contributed by atoms with Gasteiger partial charge in [0.1, 0.15) is 11.5 Å². The van der Waals surface area contributed by atoms with Gasteiger partial charge in [-0.15, -0.1) is 0 Å². The Morgan fingerprint density at radius 1 is 1.38 bits per heavy atom. The van der Waals surface area contributed by atoms with Crippen LogP contribution in [0, 0.1) is 5.82 Å². The molecule has 16 heavy (non-hydrogen) atoms. The van der Waals surface area contributed by atoms with Gasteiger partial charge in [-0.1, -0.05) is 0 Å². The van der Waals surface area contributed by atoms with Gasteiger partial charge in [0, 0.05) is 17.1 Å². The molecule has 1 N–H and O–H groups in total. The van der Waals surface area contributed by atoms with Gasteiger partial charge in [-0.2, -0.15) is 0 Å². The molecule has 80 valence electrons. The van der Waals surface area contributed by atoms with Crippen molar-refractivity contribution in [1.82, 2.24) is 15.0 Å². The third-order valence-electron chi connectivity index (χ3n) is 2.27. The van der Waals surface area contributed by atoms with E-state index in [2.05, 4.69) is 30.9 Å². The van der Waals surface area contributed by atoms with Crippen LogP contribution < -0.4 is 0 Å². The van der Waals surface area contributed by atoms with Crippen LogP contribution >= 0.6 is 15.9 Å². The maximum absolute atomic E-state index is 13.1. The SMILES string of the molecule is Fc1cnc2[nH]cc(-c3ocnc3Br)c2c1. The van der Waals surface area contributed by atoms with E-state index in [4.69, 9.17) is 4.42 Å². The molecular formula is C10H5BrFN3O. The van der Waals surface area contributed by atoms with E-state index in [1.54, 1.807) is 6.20 Å². The number of hydrogen-bond acceptors (Lipinski definition) is 3. The topological polar surface area (TPSA) is 54.7 Å². The van der Waals surface area contributed by atoms with Gasteiger partial charge in [0.25, 0.3) is 0 Å². The molecule has 0 spiro atoms. The Morgan fingerprint density at radius 3 is 3.00 bits per heavy atom. The Kier molecular flexibility index (Phi) is 2.03. The number of nitrogens with one attached hydrogen (secondary N) is 1. The molecule has 3 rings (SSSR count). The number of oxazole rings is 1. The van der Waals surface area contributed by atoms with E-state index in [0.29, 0.717) is 21.4 Å². The molecule has 0 aliphatic carbocycles. The van der Waals surface area contributed by atoms with Crippen molar-refractivity contribution in [2.45, 2.75) is 0 Å². The van der Waals surface area contributed by atoms with Crippen LogP contribution in [0.15, 0.2) is 33.9 Å². The van der Waals surface area contributed by atoms with Crippen molar-refractivity contribution in [3.05, 3.63) is 35.3 Å². The molecule has 0 aromatic carbocycles. The standard InChI is InChI=1S/C10H5BrFN3O/c11-9-8(16-4-15-9)7-3-14-10-6(7)1-5(12)2-13-10/h1-4H,(H,13,14). The van der Waals surface area contributed by atoms with Crippen LogP contribution in [0.5, 0.6) is 0 Å². The van der Waals surface area contributed by atoms with Crippen LogP contribution in [-0.4, -0.2) is 15.0 Å². The summed E-state index contributed by atoms with van der Waals surface area (Å²) in [6.45, 7) is 0. The van der Waals surface area contributed by atoms with E-state index < -0.39 is 0 Å².